The van der Waals surface area contributed by atoms with Crippen LogP contribution in [0.15, 0.2) is 134 Å². The first-order valence-corrected chi connectivity index (χ1v) is 20.0. The fraction of sp³-hybridized carbons (Fsp3) is 0.231. The molecule has 6 aromatic carbocycles. The van der Waals surface area contributed by atoms with E-state index in [-0.39, 0.29) is 16.6 Å². The highest BCUT2D eigenvalue weighted by Crippen LogP contribution is 2.46. The first-order chi connectivity index (χ1) is 27.0. The van der Waals surface area contributed by atoms with Crippen molar-refractivity contribution in [3.05, 3.63) is 156 Å². The van der Waals surface area contributed by atoms with Crippen LogP contribution in [-0.2, 0) is 23.7 Å². The number of phenols is 1. The van der Waals surface area contributed by atoms with Gasteiger partial charge in [-0.3, -0.25) is 9.55 Å². The van der Waals surface area contributed by atoms with Gasteiger partial charge in [-0.05, 0) is 100 Å². The zero-order chi connectivity index (χ0) is 38.8. The fourth-order valence-electron chi connectivity index (χ4n) is 8.67. The summed E-state index contributed by atoms with van der Waals surface area (Å²) in [6.45, 7) is 13.2. The van der Waals surface area contributed by atoms with Gasteiger partial charge in [0.05, 0.1) is 28.0 Å². The minimum atomic E-state index is -0.292. The molecular weight excluding hydrogens is 683 g/mol. The number of rotatable bonds is 5. The van der Waals surface area contributed by atoms with Crippen LogP contribution in [0.3, 0.4) is 0 Å². The summed E-state index contributed by atoms with van der Waals surface area (Å²) < 4.78 is 2.28. The summed E-state index contributed by atoms with van der Waals surface area (Å²) >= 11 is 0. The molecule has 0 saturated heterocycles. The van der Waals surface area contributed by atoms with Crippen LogP contribution < -0.4 is 0 Å². The lowest BCUT2D eigenvalue weighted by Gasteiger charge is -2.27. The summed E-state index contributed by atoms with van der Waals surface area (Å²) in [7, 11) is 0. The maximum absolute atomic E-state index is 12.4. The molecule has 4 heteroatoms. The third kappa shape index (κ3) is 6.18. The molecule has 0 spiro atoms. The topological polar surface area (TPSA) is 50.9 Å². The van der Waals surface area contributed by atoms with Gasteiger partial charge in [0.25, 0.3) is 0 Å². The molecule has 1 aliphatic rings. The first-order valence-electron chi connectivity index (χ1n) is 20.0. The van der Waals surface area contributed by atoms with Gasteiger partial charge in [-0.25, -0.2) is 4.98 Å². The molecule has 1 N–H and O–H groups in total. The van der Waals surface area contributed by atoms with E-state index in [1.165, 1.54) is 40.3 Å². The molecular formula is C52H49N3O. The van der Waals surface area contributed by atoms with Crippen molar-refractivity contribution in [2.75, 3.05) is 0 Å². The van der Waals surface area contributed by atoms with Gasteiger partial charge in [-0.2, -0.15) is 0 Å². The summed E-state index contributed by atoms with van der Waals surface area (Å²) in [5.74, 6) is 0.998. The largest absolute Gasteiger partial charge is 0.507 e. The summed E-state index contributed by atoms with van der Waals surface area (Å²) in [6.07, 6.45) is 6.40. The van der Waals surface area contributed by atoms with Gasteiger partial charge in [0.1, 0.15) is 11.6 Å². The molecule has 0 bridgehead atoms. The summed E-state index contributed by atoms with van der Waals surface area (Å²) in [6, 6.07) is 45.5. The molecule has 2 aromatic heterocycles. The second-order valence-electron chi connectivity index (χ2n) is 17.5. The van der Waals surface area contributed by atoms with Crippen molar-refractivity contribution in [2.45, 2.75) is 78.1 Å². The molecule has 0 aliphatic heterocycles. The Bertz CT molecular complexity index is 2770. The van der Waals surface area contributed by atoms with E-state index in [4.69, 9.17) is 9.97 Å². The molecule has 4 nitrogen and oxygen atoms in total. The van der Waals surface area contributed by atoms with E-state index in [1.807, 2.05) is 6.20 Å². The van der Waals surface area contributed by atoms with Crippen molar-refractivity contribution in [3.8, 4) is 56.3 Å². The number of aromatic hydroxyl groups is 1. The molecule has 0 unspecified atom stereocenters. The molecule has 8 aromatic rings. The molecule has 9 rings (SSSR count). The average Bonchev–Trinajstić information content (AvgIpc) is 3.59. The summed E-state index contributed by atoms with van der Waals surface area (Å²) in [5, 5.41) is 14.7. The van der Waals surface area contributed by atoms with Gasteiger partial charge in [0, 0.05) is 33.8 Å². The average molecular weight is 732 g/mol. The van der Waals surface area contributed by atoms with Crippen LogP contribution in [0.5, 0.6) is 5.75 Å². The zero-order valence-electron chi connectivity index (χ0n) is 33.3. The quantitative estimate of drug-likeness (QED) is 0.192. The van der Waals surface area contributed by atoms with E-state index in [9.17, 15) is 5.11 Å². The number of pyridine rings is 1. The van der Waals surface area contributed by atoms with Crippen molar-refractivity contribution in [1.82, 2.24) is 14.5 Å². The highest BCUT2D eigenvalue weighted by Gasteiger charge is 2.29. The fourth-order valence-corrected chi connectivity index (χ4v) is 8.67. The van der Waals surface area contributed by atoms with Crippen LogP contribution in [0.2, 0.25) is 0 Å². The zero-order valence-corrected chi connectivity index (χ0v) is 33.3. The minimum Gasteiger partial charge on any atom is -0.507 e. The van der Waals surface area contributed by atoms with Gasteiger partial charge in [-0.1, -0.05) is 139 Å². The molecule has 0 amide bonds. The normalized spacial score (nSPS) is 13.3. The predicted molar refractivity (Wildman–Crippen MR) is 234 cm³/mol. The van der Waals surface area contributed by atoms with Crippen molar-refractivity contribution < 1.29 is 5.11 Å². The first kappa shape index (κ1) is 35.7. The standard InChI is InChI=1S/C52H49N3O/c1-51(2,3)37-31-43(49(56)44(32-37)52(4,5)6)50-54-48-41(24-16-26-46(48)55(50)45-25-15-14-22-39(45)33-17-8-7-9-18-33)36-29-35-20-11-12-21-38(35)42(30-36)47-40-23-13-10-19-34(40)27-28-53-47/h7-10,13-19,22-32,56H,11-12,20-21H2,1-6H3. The smallest absolute Gasteiger partial charge is 0.149 e. The van der Waals surface area contributed by atoms with Crippen LogP contribution in [0.1, 0.15) is 76.6 Å². The van der Waals surface area contributed by atoms with Crippen LogP contribution >= 0.6 is 0 Å². The monoisotopic (exact) mass is 731 g/mol. The second-order valence-corrected chi connectivity index (χ2v) is 17.5. The lowest BCUT2D eigenvalue weighted by Crippen LogP contribution is -2.17. The lowest BCUT2D eigenvalue weighted by molar-refractivity contribution is 0.446. The number of aryl methyl sites for hydroxylation is 1. The molecule has 0 saturated carbocycles. The molecule has 0 atom stereocenters. The summed E-state index contributed by atoms with van der Waals surface area (Å²) in [4.78, 5) is 10.7. The van der Waals surface area contributed by atoms with Gasteiger partial charge < -0.3 is 5.11 Å². The summed E-state index contributed by atoms with van der Waals surface area (Å²) in [5.41, 5.74) is 14.7. The second kappa shape index (κ2) is 13.6. The van der Waals surface area contributed by atoms with Crippen molar-refractivity contribution in [1.29, 1.82) is 0 Å². The maximum atomic E-state index is 12.4. The SMILES string of the molecule is CC(C)(C)c1cc(-c2nc3c(-c4cc5c(c(-c6nccc7ccccc67)c4)CCCC5)cccc3n2-c2ccccc2-c2ccccc2)c(O)c(C(C)(C)C)c1. The van der Waals surface area contributed by atoms with Gasteiger partial charge >= 0.3 is 0 Å². The van der Waals surface area contributed by atoms with Gasteiger partial charge in [0.2, 0.25) is 0 Å². The minimum absolute atomic E-state index is 0.151. The van der Waals surface area contributed by atoms with Crippen LogP contribution in [0.4, 0.5) is 0 Å². The Labute approximate surface area is 330 Å². The number of para-hydroxylation sites is 2. The highest BCUT2D eigenvalue weighted by molar-refractivity contribution is 6.00. The third-order valence-corrected chi connectivity index (χ3v) is 11.6. The number of hydrogen-bond donors (Lipinski definition) is 1. The van der Waals surface area contributed by atoms with E-state index < -0.39 is 0 Å². The molecule has 2 heterocycles. The van der Waals surface area contributed by atoms with E-state index in [0.29, 0.717) is 0 Å². The molecule has 0 radical (unpaired) electrons. The Hall–Kier alpha value is -6.00. The predicted octanol–water partition coefficient (Wildman–Crippen LogP) is 13.4. The third-order valence-electron chi connectivity index (χ3n) is 11.6. The lowest BCUT2D eigenvalue weighted by atomic mass is 9.79. The Morgan fingerprint density at radius 1 is 0.607 bits per heavy atom. The van der Waals surface area contributed by atoms with Crippen molar-refractivity contribution in [3.63, 3.8) is 0 Å². The van der Waals surface area contributed by atoms with E-state index in [2.05, 4.69) is 174 Å². The Kier molecular flexibility index (Phi) is 8.69. The highest BCUT2D eigenvalue weighted by atomic mass is 16.3. The van der Waals surface area contributed by atoms with Gasteiger partial charge in [0.15, 0.2) is 0 Å². The Balaban J connectivity index is 1.37. The Morgan fingerprint density at radius 3 is 2.14 bits per heavy atom. The molecule has 56 heavy (non-hydrogen) atoms. The van der Waals surface area contributed by atoms with Crippen LogP contribution in [0, 0.1) is 0 Å². The van der Waals surface area contributed by atoms with E-state index in [1.54, 1.807) is 0 Å². The number of phenolic OH excluding ortho intramolecular Hbond substituents is 1. The number of benzene rings is 6. The van der Waals surface area contributed by atoms with E-state index >= 15 is 0 Å². The number of aromatic nitrogens is 3. The van der Waals surface area contributed by atoms with Gasteiger partial charge in [-0.15, -0.1) is 0 Å². The number of fused-ring (bicyclic) bond motifs is 3. The molecule has 0 fully saturated rings. The molecule has 278 valence electrons. The van der Waals surface area contributed by atoms with Crippen LogP contribution in [-0.4, -0.2) is 19.6 Å². The van der Waals surface area contributed by atoms with Crippen molar-refractivity contribution in [2.24, 2.45) is 0 Å². The van der Waals surface area contributed by atoms with Crippen molar-refractivity contribution >= 4 is 21.8 Å². The van der Waals surface area contributed by atoms with E-state index in [0.717, 1.165) is 80.0 Å². The number of hydrogen-bond acceptors (Lipinski definition) is 3. The van der Waals surface area contributed by atoms with Crippen LogP contribution in [0.25, 0.3) is 72.4 Å². The molecule has 1 aliphatic carbocycles. The maximum Gasteiger partial charge on any atom is 0.149 e. The number of nitrogens with zero attached hydrogens (tertiary/aromatic N) is 3. The Morgan fingerprint density at radius 2 is 1.34 bits per heavy atom. The number of imidazole rings is 1.